The van der Waals surface area contributed by atoms with Gasteiger partial charge in [0.2, 0.25) is 0 Å². The van der Waals surface area contributed by atoms with Gasteiger partial charge in [-0.05, 0) is 78.8 Å². The predicted octanol–water partition coefficient (Wildman–Crippen LogP) is 6.37. The van der Waals surface area contributed by atoms with Crippen molar-refractivity contribution in [3.8, 4) is 38.8 Å². The number of aromatic hydroxyl groups is 2. The maximum Gasteiger partial charge on any atom is 0.119 e. The van der Waals surface area contributed by atoms with Crippen LogP contribution in [0.25, 0.3) is 31.7 Å². The average Bonchev–Trinajstić information content (AvgIpc) is 3.16. The van der Waals surface area contributed by atoms with Crippen LogP contribution in [0.15, 0.2) is 66.7 Å². The van der Waals surface area contributed by atoms with Crippen molar-refractivity contribution in [1.82, 2.24) is 4.90 Å². The van der Waals surface area contributed by atoms with E-state index in [4.69, 9.17) is 4.74 Å². The summed E-state index contributed by atoms with van der Waals surface area (Å²) in [5, 5.41) is 20.8. The Hall–Kier alpha value is -3.02. The van der Waals surface area contributed by atoms with Gasteiger partial charge in [0.25, 0.3) is 0 Å². The smallest absolute Gasteiger partial charge is 0.119 e. The van der Waals surface area contributed by atoms with Crippen LogP contribution in [0.2, 0.25) is 0 Å². The molecule has 0 saturated heterocycles. The Balaban J connectivity index is 1.73. The van der Waals surface area contributed by atoms with Crippen LogP contribution in [-0.4, -0.2) is 41.4 Å². The molecule has 0 saturated carbocycles. The molecule has 5 heteroatoms. The van der Waals surface area contributed by atoms with E-state index >= 15 is 0 Å². The predicted molar refractivity (Wildman–Crippen MR) is 129 cm³/mol. The summed E-state index contributed by atoms with van der Waals surface area (Å²) in [5.41, 5.74) is 3.21. The van der Waals surface area contributed by atoms with Crippen molar-refractivity contribution in [2.45, 2.75) is 13.8 Å². The number of phenolic OH excluding ortho intramolecular Hbond substituents is 2. The lowest BCUT2D eigenvalue weighted by atomic mass is 9.98. The van der Waals surface area contributed by atoms with Crippen LogP contribution < -0.4 is 4.74 Å². The molecular formula is C26H27NO3S. The number of likely N-dealkylation sites (N-methyl/N-ethyl adjacent to an activating group) is 1. The van der Waals surface area contributed by atoms with Gasteiger partial charge >= 0.3 is 0 Å². The molecule has 1 heterocycles. The highest BCUT2D eigenvalue weighted by atomic mass is 32.1. The van der Waals surface area contributed by atoms with Crippen molar-refractivity contribution in [2.75, 3.05) is 26.2 Å². The topological polar surface area (TPSA) is 52.9 Å². The molecule has 2 N–H and O–H groups in total. The van der Waals surface area contributed by atoms with E-state index in [1.54, 1.807) is 35.6 Å². The second kappa shape index (κ2) is 9.41. The quantitative estimate of drug-likeness (QED) is 0.339. The second-order valence-corrected chi connectivity index (χ2v) is 8.49. The number of nitrogens with zero attached hydrogens (tertiary/aromatic N) is 1. The molecule has 160 valence electrons. The minimum absolute atomic E-state index is 0.243. The largest absolute Gasteiger partial charge is 0.508 e. The summed E-state index contributed by atoms with van der Waals surface area (Å²) in [6.07, 6.45) is 0. The number of fused-ring (bicyclic) bond motifs is 1. The minimum Gasteiger partial charge on any atom is -0.508 e. The number of hydrogen-bond acceptors (Lipinski definition) is 5. The molecule has 0 aliphatic heterocycles. The molecule has 0 spiro atoms. The third-order valence-corrected chi connectivity index (χ3v) is 6.70. The van der Waals surface area contributed by atoms with Gasteiger partial charge in [-0.25, -0.2) is 0 Å². The summed E-state index contributed by atoms with van der Waals surface area (Å²) in [5.74, 6) is 1.35. The number of rotatable bonds is 8. The first kappa shape index (κ1) is 21.2. The van der Waals surface area contributed by atoms with Crippen LogP contribution in [0.5, 0.6) is 17.2 Å². The monoisotopic (exact) mass is 433 g/mol. The van der Waals surface area contributed by atoms with Gasteiger partial charge in [-0.15, -0.1) is 11.3 Å². The van der Waals surface area contributed by atoms with E-state index in [0.717, 1.165) is 57.0 Å². The number of thiophene rings is 1. The number of phenols is 2. The van der Waals surface area contributed by atoms with Gasteiger partial charge in [0.05, 0.1) is 0 Å². The van der Waals surface area contributed by atoms with Gasteiger partial charge in [0, 0.05) is 27.1 Å². The number of hydrogen-bond donors (Lipinski definition) is 2. The zero-order valence-electron chi connectivity index (χ0n) is 17.8. The van der Waals surface area contributed by atoms with Crippen molar-refractivity contribution in [3.05, 3.63) is 66.7 Å². The van der Waals surface area contributed by atoms with E-state index < -0.39 is 0 Å². The Morgan fingerprint density at radius 3 is 2.32 bits per heavy atom. The molecule has 4 aromatic rings. The fraction of sp³-hybridized carbons (Fsp3) is 0.231. The van der Waals surface area contributed by atoms with Crippen molar-refractivity contribution >= 4 is 21.4 Å². The van der Waals surface area contributed by atoms with Crippen LogP contribution >= 0.6 is 11.3 Å². The normalized spacial score (nSPS) is 11.3. The SMILES string of the molecule is CCN(CC)CCOc1cccc(-c2c(-c3ccc(O)cc3)sc3cc(O)ccc23)c1. The molecule has 0 amide bonds. The van der Waals surface area contributed by atoms with Crippen LogP contribution in [0.1, 0.15) is 13.8 Å². The van der Waals surface area contributed by atoms with Gasteiger partial charge in [0.1, 0.15) is 23.9 Å². The Morgan fingerprint density at radius 2 is 1.58 bits per heavy atom. The van der Waals surface area contributed by atoms with Gasteiger partial charge in [-0.1, -0.05) is 26.0 Å². The first-order valence-corrected chi connectivity index (χ1v) is 11.4. The molecule has 1 aromatic heterocycles. The lowest BCUT2D eigenvalue weighted by Gasteiger charge is -2.18. The molecule has 0 aliphatic carbocycles. The zero-order chi connectivity index (χ0) is 21.8. The summed E-state index contributed by atoms with van der Waals surface area (Å²) >= 11 is 1.64. The summed E-state index contributed by atoms with van der Waals surface area (Å²) < 4.78 is 7.08. The standard InChI is InChI=1S/C26H27NO3S/c1-3-27(4-2)14-15-30-22-7-5-6-19(16-22)25-23-13-12-21(29)17-24(23)31-26(25)18-8-10-20(28)11-9-18/h5-13,16-17,28-29H,3-4,14-15H2,1-2H3. The molecule has 0 atom stereocenters. The lowest BCUT2D eigenvalue weighted by Crippen LogP contribution is -2.27. The first-order valence-electron chi connectivity index (χ1n) is 10.6. The molecule has 4 rings (SSSR count). The van der Waals surface area contributed by atoms with E-state index in [1.807, 2.05) is 30.3 Å². The molecule has 0 bridgehead atoms. The van der Waals surface area contributed by atoms with Gasteiger partial charge in [0.15, 0.2) is 0 Å². The van der Waals surface area contributed by atoms with Crippen LogP contribution in [0.4, 0.5) is 0 Å². The van der Waals surface area contributed by atoms with Crippen molar-refractivity contribution in [1.29, 1.82) is 0 Å². The van der Waals surface area contributed by atoms with Gasteiger partial charge in [-0.3, -0.25) is 0 Å². The summed E-state index contributed by atoms with van der Waals surface area (Å²) in [6.45, 7) is 7.90. The lowest BCUT2D eigenvalue weighted by molar-refractivity contribution is 0.223. The van der Waals surface area contributed by atoms with Gasteiger partial charge in [-0.2, -0.15) is 0 Å². The molecule has 3 aromatic carbocycles. The van der Waals surface area contributed by atoms with Crippen molar-refractivity contribution in [3.63, 3.8) is 0 Å². The third-order valence-electron chi connectivity index (χ3n) is 5.50. The second-order valence-electron chi connectivity index (χ2n) is 7.44. The van der Waals surface area contributed by atoms with E-state index in [1.165, 1.54) is 0 Å². The van der Waals surface area contributed by atoms with Crippen LogP contribution in [0.3, 0.4) is 0 Å². The molecule has 31 heavy (non-hydrogen) atoms. The molecule has 0 radical (unpaired) electrons. The fourth-order valence-electron chi connectivity index (χ4n) is 3.76. The van der Waals surface area contributed by atoms with E-state index in [-0.39, 0.29) is 11.5 Å². The molecule has 0 fully saturated rings. The maximum atomic E-state index is 9.98. The molecule has 4 nitrogen and oxygen atoms in total. The Bertz CT molecular complexity index is 1160. The van der Waals surface area contributed by atoms with Crippen LogP contribution in [-0.2, 0) is 0 Å². The number of ether oxygens (including phenoxy) is 1. The highest BCUT2D eigenvalue weighted by molar-refractivity contribution is 7.23. The van der Waals surface area contributed by atoms with E-state index in [9.17, 15) is 10.2 Å². The third kappa shape index (κ3) is 4.68. The Kier molecular flexibility index (Phi) is 6.44. The first-order chi connectivity index (χ1) is 15.1. The highest BCUT2D eigenvalue weighted by Crippen LogP contribution is 2.46. The summed E-state index contributed by atoms with van der Waals surface area (Å²) in [4.78, 5) is 3.44. The molecule has 0 unspecified atom stereocenters. The Labute approximate surface area is 187 Å². The maximum absolute atomic E-state index is 9.98. The van der Waals surface area contributed by atoms with Crippen LogP contribution in [0, 0.1) is 0 Å². The fourth-order valence-corrected chi connectivity index (χ4v) is 5.03. The van der Waals surface area contributed by atoms with E-state index in [2.05, 4.69) is 30.9 Å². The van der Waals surface area contributed by atoms with Crippen molar-refractivity contribution in [2.24, 2.45) is 0 Å². The molecule has 0 aliphatic rings. The number of benzene rings is 3. The molecular weight excluding hydrogens is 406 g/mol. The Morgan fingerprint density at radius 1 is 0.839 bits per heavy atom. The minimum atomic E-state index is 0.243. The summed E-state index contributed by atoms with van der Waals surface area (Å²) in [6, 6.07) is 20.9. The highest BCUT2D eigenvalue weighted by Gasteiger charge is 2.17. The van der Waals surface area contributed by atoms with Gasteiger partial charge < -0.3 is 19.8 Å². The summed E-state index contributed by atoms with van der Waals surface area (Å²) in [7, 11) is 0. The van der Waals surface area contributed by atoms with E-state index in [0.29, 0.717) is 6.61 Å². The van der Waals surface area contributed by atoms with Crippen molar-refractivity contribution < 1.29 is 14.9 Å². The average molecular weight is 434 g/mol. The zero-order valence-corrected chi connectivity index (χ0v) is 18.7.